The Balaban J connectivity index is 0. The van der Waals surface area contributed by atoms with Crippen LogP contribution in [0.4, 0.5) is 0 Å². The molecule has 2 heterocycles. The lowest BCUT2D eigenvalue weighted by Gasteiger charge is -1.82. The van der Waals surface area contributed by atoms with Crippen LogP contribution in [0.1, 0.15) is 1.43 Å². The van der Waals surface area contributed by atoms with E-state index >= 15 is 0 Å². The number of halogens is 2. The van der Waals surface area contributed by atoms with Gasteiger partial charge in [0.15, 0.2) is 0 Å². The summed E-state index contributed by atoms with van der Waals surface area (Å²) in [6.07, 6.45) is 2.49. The maximum absolute atomic E-state index is 10.4. The van der Waals surface area contributed by atoms with E-state index in [1.807, 2.05) is 12.1 Å². The fraction of sp³-hybridized carbons (Fsp3) is 0.125. The molecule has 0 aromatic carbocycles. The van der Waals surface area contributed by atoms with E-state index in [-0.39, 0.29) is 26.2 Å². The third-order valence-corrected chi connectivity index (χ3v) is 1.65. The molecule has 1 aliphatic heterocycles. The van der Waals surface area contributed by atoms with Crippen LogP contribution in [-0.2, 0) is 4.79 Å². The highest BCUT2D eigenvalue weighted by Gasteiger charge is 2.04. The van der Waals surface area contributed by atoms with Crippen LogP contribution in [0, 0.1) is 0 Å². The summed E-state index contributed by atoms with van der Waals surface area (Å²) in [6.45, 7) is 0.482. The van der Waals surface area contributed by atoms with Gasteiger partial charge in [0.25, 0.3) is 0 Å². The second-order valence-corrected chi connectivity index (χ2v) is 2.33. The van der Waals surface area contributed by atoms with Crippen molar-refractivity contribution in [3.63, 3.8) is 0 Å². The van der Waals surface area contributed by atoms with Gasteiger partial charge in [-0.05, 0) is 12.1 Å². The zero-order valence-corrected chi connectivity index (χ0v) is 8.27. The van der Waals surface area contributed by atoms with Gasteiger partial charge in [0.1, 0.15) is 6.29 Å². The summed E-state index contributed by atoms with van der Waals surface area (Å²) in [5.41, 5.74) is 0.681. The lowest BCUT2D eigenvalue weighted by atomic mass is 10.3. The Morgan fingerprint density at radius 3 is 2.92 bits per heavy atom. The topological polar surface area (TPSA) is 42.3 Å². The summed E-state index contributed by atoms with van der Waals surface area (Å²) >= 11 is 0. The quantitative estimate of drug-likeness (QED) is 0.626. The lowest BCUT2D eigenvalue weighted by molar-refractivity contribution is -0.103. The van der Waals surface area contributed by atoms with Crippen LogP contribution in [0.3, 0.4) is 0 Å². The first-order valence-corrected chi connectivity index (χ1v) is 3.35. The average Bonchev–Trinajstić information content (AvgIpc) is 2.47. The number of hydrogen-bond acceptors (Lipinski definition) is 3. The van der Waals surface area contributed by atoms with Crippen molar-refractivity contribution in [2.24, 2.45) is 4.99 Å². The summed E-state index contributed by atoms with van der Waals surface area (Å²) in [5.74, 6) is 0. The molecule has 1 aromatic heterocycles. The van der Waals surface area contributed by atoms with Crippen LogP contribution >= 0.6 is 24.8 Å². The molecule has 0 saturated heterocycles. The van der Waals surface area contributed by atoms with Crippen LogP contribution in [-0.4, -0.2) is 17.8 Å². The molecule has 1 aromatic rings. The van der Waals surface area contributed by atoms with Gasteiger partial charge < -0.3 is 0 Å². The molecule has 0 aliphatic carbocycles. The van der Waals surface area contributed by atoms with Crippen molar-refractivity contribution in [3.8, 4) is 0 Å². The largest absolute Gasteiger partial charge is 1.00 e. The number of rotatable bonds is 1. The Morgan fingerprint density at radius 2 is 2.23 bits per heavy atom. The van der Waals surface area contributed by atoms with Gasteiger partial charge in [0.2, 0.25) is 0 Å². The molecule has 0 unspecified atom stereocenters. The molecule has 2 rings (SSSR count). The Hall–Kier alpha value is -0.930. The second-order valence-electron chi connectivity index (χ2n) is 2.33. The second kappa shape index (κ2) is 4.94. The van der Waals surface area contributed by atoms with Gasteiger partial charge in [-0.2, -0.15) is 0 Å². The van der Waals surface area contributed by atoms with E-state index in [9.17, 15) is 4.79 Å². The molecule has 0 saturated carbocycles. The van der Waals surface area contributed by atoms with Crippen LogP contribution in [0.15, 0.2) is 23.3 Å². The molecule has 0 N–H and O–H groups in total. The predicted molar refractivity (Wildman–Crippen MR) is 55.0 cm³/mol. The van der Waals surface area contributed by atoms with E-state index in [1.54, 1.807) is 6.20 Å². The fourth-order valence-electron chi connectivity index (χ4n) is 1.11. The molecule has 0 atom stereocenters. The molecule has 5 heteroatoms. The molecule has 13 heavy (non-hydrogen) atoms. The predicted octanol–water partition coefficient (Wildman–Crippen LogP) is 0.0205. The number of carbonyl (C=O) groups excluding carboxylic acids is 1. The summed E-state index contributed by atoms with van der Waals surface area (Å²) in [4.78, 5) is 18.6. The van der Waals surface area contributed by atoms with Gasteiger partial charge in [-0.3, -0.25) is 14.8 Å². The number of fused-ring (bicyclic) bond motifs is 1. The summed E-state index contributed by atoms with van der Waals surface area (Å²) in [7, 11) is 0. The van der Waals surface area contributed by atoms with Crippen LogP contribution in [0.5, 0.6) is 0 Å². The van der Waals surface area contributed by atoms with Crippen molar-refractivity contribution >= 4 is 36.7 Å². The number of hydrogen-bond donors (Lipinski definition) is 0. The Kier molecular flexibility index (Phi) is 4.59. The smallest absolute Gasteiger partial charge is 0.298 e. The van der Waals surface area contributed by atoms with Crippen molar-refractivity contribution in [1.29, 1.82) is 0 Å². The minimum Gasteiger partial charge on any atom is -0.298 e. The molecule has 70 valence electrons. The first kappa shape index (κ1) is 12.1. The van der Waals surface area contributed by atoms with E-state index in [0.717, 1.165) is 17.0 Å². The van der Waals surface area contributed by atoms with Gasteiger partial charge in [-0.15, -0.1) is 24.8 Å². The molecule has 0 spiro atoms. The maximum Gasteiger partial charge on any atom is 1.00 e. The molecular formula is C8H9Cl2N2O+. The van der Waals surface area contributed by atoms with Gasteiger partial charge in [0, 0.05) is 11.8 Å². The lowest BCUT2D eigenvalue weighted by Crippen LogP contribution is -2.26. The molecule has 3 nitrogen and oxygen atoms in total. The van der Waals surface area contributed by atoms with E-state index < -0.39 is 0 Å². The highest BCUT2D eigenvalue weighted by atomic mass is 35.5. The normalized spacial score (nSPS) is 11.8. The van der Waals surface area contributed by atoms with Crippen LogP contribution in [0.25, 0.3) is 5.57 Å². The van der Waals surface area contributed by atoms with E-state index in [1.165, 1.54) is 0 Å². The number of aldehydes is 1. The van der Waals surface area contributed by atoms with E-state index in [0.29, 0.717) is 12.1 Å². The standard InChI is InChI=1S/C8H6N2O.2ClH/c11-5-6-4-10-7-2-1-3-9-8(6)7;;/h1-3,5H,4H2;2*1H/p+1. The number of aromatic nitrogens is 1. The third kappa shape index (κ3) is 2.05. The molecular weight excluding hydrogens is 211 g/mol. The zero-order valence-electron chi connectivity index (χ0n) is 7.64. The van der Waals surface area contributed by atoms with Crippen molar-refractivity contribution in [3.05, 3.63) is 29.0 Å². The Bertz CT molecular complexity index is 422. The maximum atomic E-state index is 10.4. The van der Waals surface area contributed by atoms with Crippen molar-refractivity contribution in [2.45, 2.75) is 0 Å². The fourth-order valence-corrected chi connectivity index (χ4v) is 1.11. The average molecular weight is 220 g/mol. The minimum atomic E-state index is 0. The summed E-state index contributed by atoms with van der Waals surface area (Å²) in [6, 6.07) is 3.68. The molecule has 0 fully saturated rings. The van der Waals surface area contributed by atoms with Crippen molar-refractivity contribution < 1.29 is 6.22 Å². The molecule has 0 radical (unpaired) electrons. The van der Waals surface area contributed by atoms with Crippen LogP contribution < -0.4 is 10.7 Å². The molecule has 0 bridgehead atoms. The van der Waals surface area contributed by atoms with E-state index in [4.69, 9.17) is 0 Å². The number of nitrogens with zero attached hydrogens (tertiary/aromatic N) is 2. The number of carbonyl (C=O) groups is 1. The molecule has 1 aliphatic rings. The van der Waals surface area contributed by atoms with Crippen molar-refractivity contribution in [1.82, 2.24) is 4.98 Å². The van der Waals surface area contributed by atoms with Gasteiger partial charge in [0.05, 0.1) is 17.3 Å². The van der Waals surface area contributed by atoms with E-state index in [2.05, 4.69) is 9.98 Å². The van der Waals surface area contributed by atoms with Gasteiger partial charge in [-0.1, -0.05) is 0 Å². The van der Waals surface area contributed by atoms with Crippen molar-refractivity contribution in [2.75, 3.05) is 6.54 Å². The van der Waals surface area contributed by atoms with Crippen LogP contribution in [0.2, 0.25) is 0 Å². The number of pyridine rings is 1. The third-order valence-electron chi connectivity index (χ3n) is 1.65. The minimum absolute atomic E-state index is 0. The first-order valence-electron chi connectivity index (χ1n) is 3.35. The monoisotopic (exact) mass is 219 g/mol. The summed E-state index contributed by atoms with van der Waals surface area (Å²) in [5, 5.41) is 1.57. The SMILES string of the molecule is Cl.Cl.O=CC1=c2ncccc2=NC1.[H+]. The van der Waals surface area contributed by atoms with Gasteiger partial charge >= 0.3 is 1.43 Å². The molecule has 0 amide bonds. The zero-order chi connectivity index (χ0) is 7.68. The summed E-state index contributed by atoms with van der Waals surface area (Å²) < 4.78 is 0. The van der Waals surface area contributed by atoms with Gasteiger partial charge in [-0.25, -0.2) is 0 Å². The first-order chi connectivity index (χ1) is 5.42. The Morgan fingerprint density at radius 1 is 1.46 bits per heavy atom. The highest BCUT2D eigenvalue weighted by Crippen LogP contribution is 1.89. The Labute approximate surface area is 88.9 Å². The highest BCUT2D eigenvalue weighted by molar-refractivity contribution is 5.99.